The van der Waals surface area contributed by atoms with Crippen LogP contribution in [0.4, 0.5) is 8.78 Å². The molecule has 0 fully saturated rings. The minimum Gasteiger partial charge on any atom is -0.494 e. The van der Waals surface area contributed by atoms with Gasteiger partial charge in [-0.25, -0.2) is 13.8 Å². The number of aliphatic hydroxyl groups is 1. The fourth-order valence-corrected chi connectivity index (χ4v) is 5.62. The molecule has 0 aromatic heterocycles. The average molecular weight is 640 g/mol. The van der Waals surface area contributed by atoms with Gasteiger partial charge in [-0.05, 0) is 66.1 Å². The molecule has 44 heavy (non-hydrogen) atoms. The highest BCUT2D eigenvalue weighted by Crippen LogP contribution is 2.45. The van der Waals surface area contributed by atoms with Gasteiger partial charge < -0.3 is 19.9 Å². The van der Waals surface area contributed by atoms with E-state index in [4.69, 9.17) is 42.8 Å². The zero-order valence-corrected chi connectivity index (χ0v) is 25.1. The number of carbonyl (C=O) groups is 1. The molecule has 0 radical (unpaired) electrons. The van der Waals surface area contributed by atoms with Crippen LogP contribution in [0.3, 0.4) is 0 Å². The number of rotatable bonds is 12. The molecule has 1 aliphatic rings. The van der Waals surface area contributed by atoms with E-state index in [9.17, 15) is 13.6 Å². The number of nitrogens with zero attached hydrogens (tertiary/aromatic N) is 1. The third-order valence-electron chi connectivity index (χ3n) is 7.21. The molecule has 0 spiro atoms. The summed E-state index contributed by atoms with van der Waals surface area (Å²) in [5, 5.41) is 12.7. The van der Waals surface area contributed by atoms with Crippen molar-refractivity contribution in [1.29, 1.82) is 0 Å². The van der Waals surface area contributed by atoms with E-state index in [0.29, 0.717) is 45.5 Å². The van der Waals surface area contributed by atoms with Crippen LogP contribution in [0.5, 0.6) is 5.75 Å². The zero-order valence-electron chi connectivity index (χ0n) is 23.6. The van der Waals surface area contributed by atoms with Crippen LogP contribution in [0.15, 0.2) is 96.0 Å². The summed E-state index contributed by atoms with van der Waals surface area (Å²) in [5.41, 5.74) is 0.888. The molecular weight excluding hydrogens is 609 g/mol. The highest BCUT2D eigenvalue weighted by Gasteiger charge is 2.53. The molecule has 1 aliphatic heterocycles. The quantitative estimate of drug-likeness (QED) is 0.166. The lowest BCUT2D eigenvalue weighted by Crippen LogP contribution is -2.50. The Morgan fingerprint density at radius 2 is 1.68 bits per heavy atom. The van der Waals surface area contributed by atoms with E-state index < -0.39 is 29.2 Å². The molecule has 0 aliphatic carbocycles. The van der Waals surface area contributed by atoms with E-state index >= 15 is 0 Å². The van der Waals surface area contributed by atoms with Crippen molar-refractivity contribution in [3.63, 3.8) is 0 Å². The molecule has 0 saturated heterocycles. The van der Waals surface area contributed by atoms with Gasteiger partial charge in [-0.15, -0.1) is 0 Å². The van der Waals surface area contributed by atoms with Crippen LogP contribution in [0.25, 0.3) is 0 Å². The maximum atomic E-state index is 14.3. The number of aliphatic hydroxyl groups excluding tert-OH is 1. The van der Waals surface area contributed by atoms with Gasteiger partial charge in [0.2, 0.25) is 5.90 Å². The van der Waals surface area contributed by atoms with Crippen LogP contribution >= 0.6 is 23.2 Å². The van der Waals surface area contributed by atoms with Gasteiger partial charge in [-0.2, -0.15) is 0 Å². The predicted molar refractivity (Wildman–Crippen MR) is 166 cm³/mol. The first-order valence-electron chi connectivity index (χ1n) is 14.1. The molecule has 2 atom stereocenters. The third-order valence-corrected chi connectivity index (χ3v) is 7.78. The summed E-state index contributed by atoms with van der Waals surface area (Å²) in [5.74, 6) is -0.963. The highest BCUT2D eigenvalue weighted by molar-refractivity contribution is 6.35. The Hall–Kier alpha value is -3.98. The second kappa shape index (κ2) is 14.2. The Labute approximate surface area is 264 Å². The van der Waals surface area contributed by atoms with Crippen LogP contribution < -0.4 is 10.1 Å². The standard InChI is InChI=1S/C34H30Cl2F2N2O4/c35-25-9-12-29(30(36)19-25)31-34(21-22-5-2-1-3-6-22,33(42)39-14-13-23-17-26(37)20-27(38)18-23)40-32(44-31)24-7-10-28(11-8-24)43-16-4-15-41/h1-3,5-12,17-20,31,41H,4,13-16,21H2,(H,39,42)/t31-,34-/m1/s1. The maximum Gasteiger partial charge on any atom is 0.252 e. The summed E-state index contributed by atoms with van der Waals surface area (Å²) >= 11 is 12.9. The number of benzene rings is 4. The van der Waals surface area contributed by atoms with Crippen LogP contribution in [0.2, 0.25) is 10.0 Å². The number of aliphatic imine (C=N–C) groups is 1. The normalized spacial score (nSPS) is 17.6. The largest absolute Gasteiger partial charge is 0.494 e. The van der Waals surface area contributed by atoms with Crippen molar-refractivity contribution in [1.82, 2.24) is 5.32 Å². The van der Waals surface area contributed by atoms with Gasteiger partial charge in [0.05, 0.1) is 6.61 Å². The van der Waals surface area contributed by atoms with Gasteiger partial charge in [0.1, 0.15) is 17.4 Å². The van der Waals surface area contributed by atoms with Crippen LogP contribution in [0, 0.1) is 11.6 Å². The SMILES string of the molecule is O=C(NCCc1cc(F)cc(F)c1)[C@]1(Cc2ccccc2)N=C(c2ccc(OCCCO)cc2)O[C@@H]1c1ccc(Cl)cc1Cl. The molecule has 1 amide bonds. The third kappa shape index (κ3) is 7.38. The highest BCUT2D eigenvalue weighted by atomic mass is 35.5. The van der Waals surface area contributed by atoms with Gasteiger partial charge in [-0.1, -0.05) is 59.6 Å². The first-order valence-corrected chi connectivity index (χ1v) is 14.9. The van der Waals surface area contributed by atoms with E-state index in [-0.39, 0.29) is 31.9 Å². The van der Waals surface area contributed by atoms with Gasteiger partial charge >= 0.3 is 0 Å². The Bertz CT molecular complexity index is 1620. The number of halogens is 4. The summed E-state index contributed by atoms with van der Waals surface area (Å²) in [7, 11) is 0. The topological polar surface area (TPSA) is 80.2 Å². The average Bonchev–Trinajstić information content (AvgIpc) is 3.37. The van der Waals surface area contributed by atoms with Crippen molar-refractivity contribution in [2.75, 3.05) is 19.8 Å². The van der Waals surface area contributed by atoms with Crippen molar-refractivity contribution in [2.45, 2.75) is 30.9 Å². The Kier molecular flexibility index (Phi) is 10.1. The van der Waals surface area contributed by atoms with Crippen molar-refractivity contribution < 1.29 is 28.2 Å². The molecule has 228 valence electrons. The Morgan fingerprint density at radius 3 is 2.36 bits per heavy atom. The van der Waals surface area contributed by atoms with Crippen LogP contribution in [-0.4, -0.2) is 42.2 Å². The Balaban J connectivity index is 1.52. The molecule has 1 heterocycles. The smallest absolute Gasteiger partial charge is 0.252 e. The van der Waals surface area contributed by atoms with Crippen molar-refractivity contribution in [3.8, 4) is 5.75 Å². The molecule has 10 heteroatoms. The van der Waals surface area contributed by atoms with Crippen molar-refractivity contribution >= 4 is 35.0 Å². The fourth-order valence-electron chi connectivity index (χ4n) is 5.11. The summed E-state index contributed by atoms with van der Waals surface area (Å²) in [4.78, 5) is 19.2. The molecule has 4 aromatic carbocycles. The van der Waals surface area contributed by atoms with E-state index in [1.165, 1.54) is 12.1 Å². The molecule has 5 rings (SSSR count). The summed E-state index contributed by atoms with van der Waals surface area (Å²) in [6.07, 6.45) is -0.0611. The van der Waals surface area contributed by atoms with E-state index in [0.717, 1.165) is 11.6 Å². The molecular formula is C34H30Cl2F2N2O4. The number of hydrogen-bond donors (Lipinski definition) is 2. The van der Waals surface area contributed by atoms with E-state index in [2.05, 4.69) is 5.32 Å². The van der Waals surface area contributed by atoms with Crippen molar-refractivity contribution in [3.05, 3.63) is 135 Å². The molecule has 4 aromatic rings. The monoisotopic (exact) mass is 638 g/mol. The predicted octanol–water partition coefficient (Wildman–Crippen LogP) is 6.89. The molecule has 0 unspecified atom stereocenters. The van der Waals surface area contributed by atoms with Crippen molar-refractivity contribution in [2.24, 2.45) is 4.99 Å². The molecule has 6 nitrogen and oxygen atoms in total. The van der Waals surface area contributed by atoms with Gasteiger partial charge in [0.25, 0.3) is 5.91 Å². The maximum absolute atomic E-state index is 14.3. The van der Waals surface area contributed by atoms with E-state index in [1.807, 2.05) is 30.3 Å². The minimum atomic E-state index is -1.50. The second-order valence-electron chi connectivity index (χ2n) is 10.4. The summed E-state index contributed by atoms with van der Waals surface area (Å²) < 4.78 is 39.7. The lowest BCUT2D eigenvalue weighted by molar-refractivity contribution is -0.128. The molecule has 0 bridgehead atoms. The summed E-state index contributed by atoms with van der Waals surface area (Å²) in [6.45, 7) is 0.499. The first kappa shape index (κ1) is 31.4. The van der Waals surface area contributed by atoms with Gasteiger partial charge in [0.15, 0.2) is 11.6 Å². The summed E-state index contributed by atoms with van der Waals surface area (Å²) in [6, 6.07) is 24.8. The number of nitrogens with one attached hydrogen (secondary N) is 1. The number of carbonyl (C=O) groups excluding carboxylic acids is 1. The van der Waals surface area contributed by atoms with E-state index in [1.54, 1.807) is 42.5 Å². The minimum absolute atomic E-state index is 0.0298. The number of hydrogen-bond acceptors (Lipinski definition) is 5. The van der Waals surface area contributed by atoms with Gasteiger partial charge in [0, 0.05) is 53.2 Å². The van der Waals surface area contributed by atoms with Crippen LogP contribution in [-0.2, 0) is 22.4 Å². The van der Waals surface area contributed by atoms with Crippen LogP contribution in [0.1, 0.15) is 34.8 Å². The Morgan fingerprint density at radius 1 is 0.955 bits per heavy atom. The fraction of sp³-hybridized carbons (Fsp3) is 0.235. The molecule has 0 saturated carbocycles. The second-order valence-corrected chi connectivity index (χ2v) is 11.2. The van der Waals surface area contributed by atoms with Gasteiger partial charge in [-0.3, -0.25) is 4.79 Å². The number of amides is 1. The number of ether oxygens (including phenoxy) is 2. The molecule has 2 N–H and O–H groups in total. The lowest BCUT2D eigenvalue weighted by atomic mass is 9.82. The lowest BCUT2D eigenvalue weighted by Gasteiger charge is -2.31. The zero-order chi connectivity index (χ0) is 31.1. The first-order chi connectivity index (χ1) is 21.3.